The first-order valence-corrected chi connectivity index (χ1v) is 9.41. The highest BCUT2D eigenvalue weighted by atomic mass is 17.2. The largest absolute Gasteiger partial charge is 0.230 e. The maximum atomic E-state index is 5.80. The maximum Gasteiger partial charge on any atom is 0.123 e. The summed E-state index contributed by atoms with van der Waals surface area (Å²) in [5.41, 5.74) is 0.258. The summed E-state index contributed by atoms with van der Waals surface area (Å²) in [5, 5.41) is 0. The molecule has 0 unspecified atom stereocenters. The molecular weight excluding hydrogens is 328 g/mol. The molecule has 26 heavy (non-hydrogen) atoms. The lowest BCUT2D eigenvalue weighted by molar-refractivity contribution is -0.412. The predicted molar refractivity (Wildman–Crippen MR) is 106 cm³/mol. The number of hydrogen-bond acceptors (Lipinski definition) is 4. The lowest BCUT2D eigenvalue weighted by Gasteiger charge is -2.33. The van der Waals surface area contributed by atoms with E-state index in [1.807, 2.05) is 86.6 Å². The van der Waals surface area contributed by atoms with E-state index in [4.69, 9.17) is 19.6 Å². The molecule has 0 aliphatic heterocycles. The summed E-state index contributed by atoms with van der Waals surface area (Å²) in [4.78, 5) is 22.7. The van der Waals surface area contributed by atoms with E-state index in [-0.39, 0.29) is 11.2 Å². The number of rotatable bonds is 8. The van der Waals surface area contributed by atoms with Crippen molar-refractivity contribution in [3.8, 4) is 0 Å². The Morgan fingerprint density at radius 2 is 0.923 bits per heavy atom. The van der Waals surface area contributed by atoms with Crippen LogP contribution >= 0.6 is 0 Å². The third kappa shape index (κ3) is 6.66. The molecule has 0 aliphatic rings. The number of hydrogen-bond donors (Lipinski definition) is 0. The average Bonchev–Trinajstić information content (AvgIpc) is 2.51. The van der Waals surface area contributed by atoms with Crippen LogP contribution in [0.3, 0.4) is 0 Å². The van der Waals surface area contributed by atoms with Crippen molar-refractivity contribution in [1.29, 1.82) is 0 Å². The van der Waals surface area contributed by atoms with Crippen LogP contribution in [0.15, 0.2) is 24.3 Å². The molecule has 1 aromatic carbocycles. The zero-order valence-corrected chi connectivity index (χ0v) is 18.5. The van der Waals surface area contributed by atoms with E-state index in [2.05, 4.69) is 13.8 Å². The van der Waals surface area contributed by atoms with Gasteiger partial charge in [-0.25, -0.2) is 19.6 Å². The van der Waals surface area contributed by atoms with Gasteiger partial charge in [0, 0.05) is 0 Å². The van der Waals surface area contributed by atoms with Gasteiger partial charge in [0.25, 0.3) is 0 Å². The van der Waals surface area contributed by atoms with Crippen molar-refractivity contribution in [3.63, 3.8) is 0 Å². The van der Waals surface area contributed by atoms with E-state index < -0.39 is 11.2 Å². The Bertz CT molecular complexity index is 563. The zero-order chi connectivity index (χ0) is 20.4. The van der Waals surface area contributed by atoms with Gasteiger partial charge >= 0.3 is 0 Å². The van der Waals surface area contributed by atoms with Crippen LogP contribution in [0.4, 0.5) is 0 Å². The van der Waals surface area contributed by atoms with E-state index in [0.717, 1.165) is 11.1 Å². The van der Waals surface area contributed by atoms with Crippen molar-refractivity contribution in [2.24, 2.45) is 5.92 Å². The van der Waals surface area contributed by atoms with E-state index in [1.165, 1.54) is 0 Å². The molecule has 0 aliphatic carbocycles. The van der Waals surface area contributed by atoms with Crippen LogP contribution in [0.5, 0.6) is 0 Å². The second kappa shape index (κ2) is 7.97. The van der Waals surface area contributed by atoms with Crippen LogP contribution in [-0.2, 0) is 30.8 Å². The molecule has 4 heteroatoms. The Labute approximate surface area is 160 Å². The van der Waals surface area contributed by atoms with Crippen LogP contribution in [0.25, 0.3) is 0 Å². The highest BCUT2D eigenvalue weighted by Gasteiger charge is 2.31. The van der Waals surface area contributed by atoms with Crippen LogP contribution in [0.1, 0.15) is 87.3 Å². The molecular formula is C22H38O4. The van der Waals surface area contributed by atoms with Crippen LogP contribution in [0, 0.1) is 5.92 Å². The third-order valence-corrected chi connectivity index (χ3v) is 4.63. The predicted octanol–water partition coefficient (Wildman–Crippen LogP) is 6.29. The molecule has 0 spiro atoms. The van der Waals surface area contributed by atoms with Gasteiger partial charge in [-0.2, -0.15) is 0 Å². The fraction of sp³-hybridized carbons (Fsp3) is 0.727. The number of benzene rings is 1. The Hall–Kier alpha value is -0.940. The lowest BCUT2D eigenvalue weighted by atomic mass is 9.92. The minimum absolute atomic E-state index is 0.349. The minimum Gasteiger partial charge on any atom is -0.230 e. The smallest absolute Gasteiger partial charge is 0.123 e. The molecule has 0 radical (unpaired) electrons. The minimum atomic E-state index is -0.558. The van der Waals surface area contributed by atoms with Crippen molar-refractivity contribution in [3.05, 3.63) is 35.4 Å². The molecule has 1 rings (SSSR count). The standard InChI is InChI=1S/C22H38O4/c1-16(2)20(6,7)24-26-22(10,11)18-14-12-17(13-15-18)21(8,9)25-23-19(3,4)5/h12-16H,1-11H3. The first-order chi connectivity index (χ1) is 11.6. The molecule has 0 atom stereocenters. The molecule has 0 N–H and O–H groups in total. The molecule has 0 saturated heterocycles. The van der Waals surface area contributed by atoms with Gasteiger partial charge in [-0.3, -0.25) is 0 Å². The van der Waals surface area contributed by atoms with Gasteiger partial charge in [-0.05, 0) is 79.4 Å². The van der Waals surface area contributed by atoms with Crippen molar-refractivity contribution in [2.75, 3.05) is 0 Å². The molecule has 150 valence electrons. The Morgan fingerprint density at radius 3 is 1.23 bits per heavy atom. The van der Waals surface area contributed by atoms with Gasteiger partial charge in [0.1, 0.15) is 16.8 Å². The van der Waals surface area contributed by atoms with E-state index in [0.29, 0.717) is 5.92 Å². The normalized spacial score (nSPS) is 14.2. The monoisotopic (exact) mass is 366 g/mol. The highest BCUT2D eigenvalue weighted by molar-refractivity contribution is 5.29. The first-order valence-electron chi connectivity index (χ1n) is 9.41. The molecule has 0 bridgehead atoms. The van der Waals surface area contributed by atoms with Gasteiger partial charge in [0.2, 0.25) is 0 Å². The van der Waals surface area contributed by atoms with E-state index >= 15 is 0 Å². The third-order valence-electron chi connectivity index (χ3n) is 4.63. The van der Waals surface area contributed by atoms with Crippen LogP contribution in [0.2, 0.25) is 0 Å². The second-order valence-electron chi connectivity index (χ2n) is 9.80. The van der Waals surface area contributed by atoms with Crippen molar-refractivity contribution >= 4 is 0 Å². The Kier molecular flexibility index (Phi) is 7.08. The lowest BCUT2D eigenvalue weighted by Crippen LogP contribution is -2.35. The van der Waals surface area contributed by atoms with Crippen molar-refractivity contribution in [2.45, 2.75) is 98.6 Å². The molecule has 0 amide bonds. The van der Waals surface area contributed by atoms with Crippen LogP contribution < -0.4 is 0 Å². The molecule has 0 heterocycles. The maximum absolute atomic E-state index is 5.80. The van der Waals surface area contributed by atoms with E-state index in [9.17, 15) is 0 Å². The highest BCUT2D eigenvalue weighted by Crippen LogP contribution is 2.32. The van der Waals surface area contributed by atoms with Gasteiger partial charge in [-0.1, -0.05) is 38.1 Å². The summed E-state index contributed by atoms with van der Waals surface area (Å²) in [6.07, 6.45) is 0. The summed E-state index contributed by atoms with van der Waals surface area (Å²) < 4.78 is 0. The van der Waals surface area contributed by atoms with Gasteiger partial charge in [0.05, 0.1) is 5.60 Å². The molecule has 0 fully saturated rings. The average molecular weight is 367 g/mol. The van der Waals surface area contributed by atoms with Crippen molar-refractivity contribution in [1.82, 2.24) is 0 Å². The zero-order valence-electron chi connectivity index (χ0n) is 18.5. The van der Waals surface area contributed by atoms with E-state index in [1.54, 1.807) is 0 Å². The SMILES string of the molecule is CC(C)C(C)(C)OOC(C)(C)c1ccc(C(C)(C)OOC(C)(C)C)cc1. The Balaban J connectivity index is 2.85. The van der Waals surface area contributed by atoms with Gasteiger partial charge < -0.3 is 0 Å². The molecule has 1 aromatic rings. The topological polar surface area (TPSA) is 36.9 Å². The summed E-state index contributed by atoms with van der Waals surface area (Å²) >= 11 is 0. The Morgan fingerprint density at radius 1 is 0.577 bits per heavy atom. The summed E-state index contributed by atoms with van der Waals surface area (Å²) in [7, 11) is 0. The summed E-state index contributed by atoms with van der Waals surface area (Å²) in [5.74, 6) is 0.349. The second-order valence-corrected chi connectivity index (χ2v) is 9.80. The quantitative estimate of drug-likeness (QED) is 0.400. The summed E-state index contributed by atoms with van der Waals surface area (Å²) in [6, 6.07) is 8.17. The molecule has 4 nitrogen and oxygen atoms in total. The fourth-order valence-corrected chi connectivity index (χ4v) is 1.91. The molecule has 0 saturated carbocycles. The van der Waals surface area contributed by atoms with Gasteiger partial charge in [-0.15, -0.1) is 0 Å². The van der Waals surface area contributed by atoms with Crippen molar-refractivity contribution < 1.29 is 19.6 Å². The van der Waals surface area contributed by atoms with Gasteiger partial charge in [0.15, 0.2) is 0 Å². The molecule has 0 aromatic heterocycles. The first kappa shape index (κ1) is 23.1. The summed E-state index contributed by atoms with van der Waals surface area (Å²) in [6.45, 7) is 22.2. The fourth-order valence-electron chi connectivity index (χ4n) is 1.91. The van der Waals surface area contributed by atoms with Crippen LogP contribution in [-0.4, -0.2) is 11.2 Å².